The average Bonchev–Trinajstić information content (AvgIpc) is 3.43. The lowest BCUT2D eigenvalue weighted by Gasteiger charge is -2.39. The summed E-state index contributed by atoms with van der Waals surface area (Å²) in [5.41, 5.74) is 3.20. The number of hydrogen-bond acceptors (Lipinski definition) is 7. The summed E-state index contributed by atoms with van der Waals surface area (Å²) in [5, 5.41) is 18.3. The molecule has 10 nitrogen and oxygen atoms in total. The first-order valence-corrected chi connectivity index (χ1v) is 11.9. The lowest BCUT2D eigenvalue weighted by atomic mass is 9.77. The van der Waals surface area contributed by atoms with Gasteiger partial charge in [-0.05, 0) is 63.7 Å². The van der Waals surface area contributed by atoms with Crippen LogP contribution < -0.4 is 0 Å². The van der Waals surface area contributed by atoms with Gasteiger partial charge in [0.05, 0.1) is 11.3 Å². The van der Waals surface area contributed by atoms with E-state index in [2.05, 4.69) is 15.0 Å². The van der Waals surface area contributed by atoms with Crippen molar-refractivity contribution >= 4 is 17.8 Å². The summed E-state index contributed by atoms with van der Waals surface area (Å²) >= 11 is 0. The molecule has 0 aliphatic carbocycles. The van der Waals surface area contributed by atoms with E-state index in [4.69, 9.17) is 24.3 Å². The van der Waals surface area contributed by atoms with Crippen LogP contribution in [0.2, 0.25) is 0 Å². The molecule has 2 aromatic heterocycles. The van der Waals surface area contributed by atoms with Gasteiger partial charge in [-0.15, -0.1) is 0 Å². The van der Waals surface area contributed by atoms with Crippen LogP contribution in [0.3, 0.4) is 0 Å². The first kappa shape index (κ1) is 32.5. The van der Waals surface area contributed by atoms with Crippen molar-refractivity contribution in [2.75, 3.05) is 26.2 Å². The van der Waals surface area contributed by atoms with Crippen molar-refractivity contribution in [2.24, 2.45) is 5.41 Å². The summed E-state index contributed by atoms with van der Waals surface area (Å²) in [4.78, 5) is 39.1. The smallest absolute Gasteiger partial charge is 0.475 e. The summed E-state index contributed by atoms with van der Waals surface area (Å²) in [7, 11) is 0. The monoisotopic (exact) mass is 582 g/mol. The van der Waals surface area contributed by atoms with Gasteiger partial charge in [0.15, 0.2) is 0 Å². The highest BCUT2D eigenvalue weighted by Crippen LogP contribution is 2.41. The van der Waals surface area contributed by atoms with Crippen molar-refractivity contribution in [3.05, 3.63) is 47.1 Å². The predicted molar refractivity (Wildman–Crippen MR) is 125 cm³/mol. The van der Waals surface area contributed by atoms with Gasteiger partial charge in [0.1, 0.15) is 5.76 Å². The Morgan fingerprint density at radius 3 is 1.93 bits per heavy atom. The van der Waals surface area contributed by atoms with Crippen LogP contribution in [0.25, 0.3) is 0 Å². The van der Waals surface area contributed by atoms with E-state index in [0.29, 0.717) is 5.56 Å². The van der Waals surface area contributed by atoms with Crippen LogP contribution in [-0.4, -0.2) is 86.5 Å². The Kier molecular flexibility index (Phi) is 10.7. The van der Waals surface area contributed by atoms with Gasteiger partial charge in [-0.2, -0.15) is 26.3 Å². The fraction of sp³-hybridized carbons (Fsp3) is 0.542. The maximum Gasteiger partial charge on any atom is 0.490 e. The zero-order valence-corrected chi connectivity index (χ0v) is 21.6. The van der Waals surface area contributed by atoms with Crippen LogP contribution in [0, 0.1) is 19.3 Å². The minimum atomic E-state index is -5.08. The van der Waals surface area contributed by atoms with Crippen LogP contribution in [0.5, 0.6) is 0 Å². The molecule has 40 heavy (non-hydrogen) atoms. The van der Waals surface area contributed by atoms with Gasteiger partial charge < -0.3 is 19.6 Å². The second-order valence-corrected chi connectivity index (χ2v) is 9.40. The number of carboxylic acid groups (broad SMARTS) is 2. The van der Waals surface area contributed by atoms with E-state index in [1.54, 1.807) is 12.4 Å². The number of aliphatic carboxylic acids is 2. The molecule has 0 unspecified atom stereocenters. The molecule has 2 fully saturated rings. The molecule has 222 valence electrons. The number of nitrogens with zero attached hydrogens (tertiary/aromatic N) is 4. The van der Waals surface area contributed by atoms with Gasteiger partial charge in [-0.3, -0.25) is 14.7 Å². The zero-order chi connectivity index (χ0) is 30.3. The number of piperidine rings is 1. The van der Waals surface area contributed by atoms with Crippen LogP contribution in [0.15, 0.2) is 29.0 Å². The lowest BCUT2D eigenvalue weighted by molar-refractivity contribution is -0.193. The second-order valence-electron chi connectivity index (χ2n) is 9.40. The van der Waals surface area contributed by atoms with E-state index in [0.717, 1.165) is 63.4 Å². The van der Waals surface area contributed by atoms with Gasteiger partial charge in [-0.1, -0.05) is 5.16 Å². The largest absolute Gasteiger partial charge is 0.490 e. The number of rotatable bonds is 3. The lowest BCUT2D eigenvalue weighted by Crippen LogP contribution is -2.42. The molecule has 1 amide bonds. The molecule has 0 saturated carbocycles. The Balaban J connectivity index is 0.000000333. The maximum absolute atomic E-state index is 12.7. The van der Waals surface area contributed by atoms with Crippen LogP contribution in [0.1, 0.15) is 46.6 Å². The average molecular weight is 582 g/mol. The number of aryl methyl sites for hydroxylation is 2. The third-order valence-electron chi connectivity index (χ3n) is 6.60. The highest BCUT2D eigenvalue weighted by molar-refractivity contribution is 5.94. The molecule has 4 heterocycles. The standard InChI is InChI=1S/C20H26N4O2.2C2HF3O2/c1-15-18(16(2)26-22-15)13-23-9-5-20(6-10-23)7-11-24(14-20)19(25)17-4-3-8-21-12-17;2*3-2(4,5)1(6)7/h3-4,8,12H,5-7,9-11,13-14H2,1-2H3;2*(H,6,7). The Morgan fingerprint density at radius 1 is 0.975 bits per heavy atom. The molecule has 16 heteroatoms. The van der Waals surface area contributed by atoms with Gasteiger partial charge in [0.2, 0.25) is 0 Å². The SMILES string of the molecule is Cc1noc(C)c1CN1CCC2(CC1)CCN(C(=O)c1cccnc1)C2.O=C(O)C(F)(F)F.O=C(O)C(F)(F)F. The summed E-state index contributed by atoms with van der Waals surface area (Å²) in [5.74, 6) is -4.47. The van der Waals surface area contributed by atoms with Gasteiger partial charge in [0.25, 0.3) is 5.91 Å². The van der Waals surface area contributed by atoms with E-state index in [1.807, 2.05) is 30.9 Å². The van der Waals surface area contributed by atoms with Crippen molar-refractivity contribution in [1.82, 2.24) is 19.9 Å². The summed E-state index contributed by atoms with van der Waals surface area (Å²) in [6.45, 7) is 8.78. The van der Waals surface area contributed by atoms with Gasteiger partial charge in [0, 0.05) is 37.6 Å². The van der Waals surface area contributed by atoms with Gasteiger partial charge >= 0.3 is 24.3 Å². The number of carbonyl (C=O) groups is 3. The van der Waals surface area contributed by atoms with Crippen molar-refractivity contribution in [3.8, 4) is 0 Å². The molecule has 2 aromatic rings. The topological polar surface area (TPSA) is 137 Å². The fourth-order valence-electron chi connectivity index (χ4n) is 4.33. The molecule has 1 spiro atoms. The Bertz CT molecular complexity index is 1120. The summed E-state index contributed by atoms with van der Waals surface area (Å²) in [6, 6.07) is 3.68. The molecule has 0 bridgehead atoms. The Labute approximate surface area is 224 Å². The molecule has 0 atom stereocenters. The highest BCUT2D eigenvalue weighted by atomic mass is 19.4. The zero-order valence-electron chi connectivity index (χ0n) is 21.6. The summed E-state index contributed by atoms with van der Waals surface area (Å²) < 4.78 is 68.8. The molecule has 2 N–H and O–H groups in total. The van der Waals surface area contributed by atoms with E-state index in [9.17, 15) is 31.1 Å². The first-order chi connectivity index (χ1) is 18.4. The van der Waals surface area contributed by atoms with Crippen molar-refractivity contribution < 1.29 is 55.5 Å². The van der Waals surface area contributed by atoms with Crippen LogP contribution >= 0.6 is 0 Å². The predicted octanol–water partition coefficient (Wildman–Crippen LogP) is 4.08. The van der Waals surface area contributed by atoms with E-state index in [-0.39, 0.29) is 11.3 Å². The molecular formula is C24H28F6N4O6. The third kappa shape index (κ3) is 9.20. The Hall–Kier alpha value is -3.69. The number of alkyl halides is 6. The second kappa shape index (κ2) is 13.1. The molecule has 0 aromatic carbocycles. The first-order valence-electron chi connectivity index (χ1n) is 11.9. The molecule has 0 radical (unpaired) electrons. The number of pyridine rings is 1. The number of amides is 1. The number of carboxylic acids is 2. The molecule has 2 aliphatic rings. The normalized spacial score (nSPS) is 16.9. The molecular weight excluding hydrogens is 554 g/mol. The maximum atomic E-state index is 12.7. The van der Waals surface area contributed by atoms with E-state index in [1.165, 1.54) is 5.56 Å². The number of hydrogen-bond donors (Lipinski definition) is 2. The summed E-state index contributed by atoms with van der Waals surface area (Å²) in [6.07, 6.45) is -3.39. The van der Waals surface area contributed by atoms with Gasteiger partial charge in [-0.25, -0.2) is 9.59 Å². The number of carbonyl (C=O) groups excluding carboxylic acids is 1. The Morgan fingerprint density at radius 2 is 1.50 bits per heavy atom. The highest BCUT2D eigenvalue weighted by Gasteiger charge is 2.42. The van der Waals surface area contributed by atoms with Crippen molar-refractivity contribution in [1.29, 1.82) is 0 Å². The van der Waals surface area contributed by atoms with Crippen molar-refractivity contribution in [3.63, 3.8) is 0 Å². The van der Waals surface area contributed by atoms with Crippen LogP contribution in [-0.2, 0) is 16.1 Å². The number of halogens is 6. The van der Waals surface area contributed by atoms with Crippen molar-refractivity contribution in [2.45, 2.75) is 52.0 Å². The molecule has 4 rings (SSSR count). The minimum Gasteiger partial charge on any atom is -0.475 e. The molecule has 2 saturated heterocycles. The minimum absolute atomic E-state index is 0.119. The number of likely N-dealkylation sites (tertiary alicyclic amines) is 2. The third-order valence-corrected chi connectivity index (χ3v) is 6.60. The number of aromatic nitrogens is 2. The van der Waals surface area contributed by atoms with Crippen LogP contribution in [0.4, 0.5) is 26.3 Å². The fourth-order valence-corrected chi connectivity index (χ4v) is 4.33. The van der Waals surface area contributed by atoms with E-state index >= 15 is 0 Å². The van der Waals surface area contributed by atoms with E-state index < -0.39 is 24.3 Å². The molecule has 2 aliphatic heterocycles. The quantitative estimate of drug-likeness (QED) is 0.513.